The van der Waals surface area contributed by atoms with Gasteiger partial charge in [-0.05, 0) is 35.0 Å². The van der Waals surface area contributed by atoms with E-state index < -0.39 is 0 Å². The molecule has 0 amide bonds. The van der Waals surface area contributed by atoms with Crippen molar-refractivity contribution in [3.8, 4) is 0 Å². The highest BCUT2D eigenvalue weighted by Crippen LogP contribution is 2.39. The molecular formula is C13H11ClO3S. The first kappa shape index (κ1) is 12.0. The zero-order chi connectivity index (χ0) is 12.7. The molecular weight excluding hydrogens is 272 g/mol. The van der Waals surface area contributed by atoms with E-state index in [1.807, 2.05) is 12.3 Å². The van der Waals surface area contributed by atoms with E-state index in [0.29, 0.717) is 11.8 Å². The van der Waals surface area contributed by atoms with E-state index in [0.717, 1.165) is 40.0 Å². The quantitative estimate of drug-likeness (QED) is 0.787. The summed E-state index contributed by atoms with van der Waals surface area (Å²) in [6.07, 6.45) is 1.45. The number of fused-ring (bicyclic) bond motifs is 1. The third kappa shape index (κ3) is 1.81. The van der Waals surface area contributed by atoms with Crippen LogP contribution in [0.1, 0.15) is 38.2 Å². The maximum absolute atomic E-state index is 10.9. The summed E-state index contributed by atoms with van der Waals surface area (Å²) >= 11 is 7.34. The van der Waals surface area contributed by atoms with Crippen LogP contribution >= 0.6 is 22.9 Å². The molecule has 1 unspecified atom stereocenters. The molecule has 0 fully saturated rings. The standard InChI is InChI=1S/C13H11ClO3S/c1-7-9(6-18-11(7)5-15)13-8-4-12(14)17-10(8)2-3-16-13/h4-6,13H,2-3H2,1H3. The minimum atomic E-state index is -0.171. The molecule has 5 heteroatoms. The molecule has 1 aliphatic heterocycles. The van der Waals surface area contributed by atoms with Crippen LogP contribution in [0.15, 0.2) is 15.9 Å². The van der Waals surface area contributed by atoms with E-state index >= 15 is 0 Å². The van der Waals surface area contributed by atoms with Gasteiger partial charge in [0.2, 0.25) is 0 Å². The topological polar surface area (TPSA) is 39.4 Å². The average molecular weight is 283 g/mol. The lowest BCUT2D eigenvalue weighted by atomic mass is 9.98. The number of ether oxygens (including phenoxy) is 1. The predicted octanol–water partition coefficient (Wildman–Crippen LogP) is 3.78. The van der Waals surface area contributed by atoms with Gasteiger partial charge in [0, 0.05) is 18.1 Å². The average Bonchev–Trinajstić information content (AvgIpc) is 2.90. The number of furan rings is 1. The zero-order valence-electron chi connectivity index (χ0n) is 9.73. The van der Waals surface area contributed by atoms with Crippen LogP contribution in [0.5, 0.6) is 0 Å². The lowest BCUT2D eigenvalue weighted by Crippen LogP contribution is -2.15. The van der Waals surface area contributed by atoms with Crippen molar-refractivity contribution in [3.05, 3.63) is 44.0 Å². The summed E-state index contributed by atoms with van der Waals surface area (Å²) in [7, 11) is 0. The van der Waals surface area contributed by atoms with Crippen molar-refractivity contribution in [2.75, 3.05) is 6.61 Å². The molecule has 0 spiro atoms. The van der Waals surface area contributed by atoms with Crippen molar-refractivity contribution in [2.24, 2.45) is 0 Å². The second-order valence-electron chi connectivity index (χ2n) is 4.23. The lowest BCUT2D eigenvalue weighted by molar-refractivity contribution is 0.0643. The van der Waals surface area contributed by atoms with Crippen molar-refractivity contribution < 1.29 is 13.9 Å². The van der Waals surface area contributed by atoms with Gasteiger partial charge in [0.25, 0.3) is 0 Å². The number of carbonyl (C=O) groups is 1. The predicted molar refractivity (Wildman–Crippen MR) is 69.7 cm³/mol. The van der Waals surface area contributed by atoms with Crippen LogP contribution in [0.2, 0.25) is 5.22 Å². The van der Waals surface area contributed by atoms with Crippen LogP contribution < -0.4 is 0 Å². The normalized spacial score (nSPS) is 18.7. The maximum Gasteiger partial charge on any atom is 0.193 e. The van der Waals surface area contributed by atoms with Crippen molar-refractivity contribution >= 4 is 29.2 Å². The summed E-state index contributed by atoms with van der Waals surface area (Å²) in [5.41, 5.74) is 2.98. The SMILES string of the molecule is Cc1c(C2OCCc3oc(Cl)cc32)csc1C=O. The lowest BCUT2D eigenvalue weighted by Gasteiger charge is -2.22. The first-order chi connectivity index (χ1) is 8.70. The van der Waals surface area contributed by atoms with Crippen LogP contribution in [0.4, 0.5) is 0 Å². The fourth-order valence-corrected chi connectivity index (χ4v) is 3.38. The van der Waals surface area contributed by atoms with Crippen molar-refractivity contribution in [1.82, 2.24) is 0 Å². The Balaban J connectivity index is 2.07. The third-order valence-corrected chi connectivity index (χ3v) is 4.43. The van der Waals surface area contributed by atoms with E-state index in [1.54, 1.807) is 6.07 Å². The van der Waals surface area contributed by atoms with Gasteiger partial charge in [-0.1, -0.05) is 0 Å². The third-order valence-electron chi connectivity index (χ3n) is 3.21. The van der Waals surface area contributed by atoms with E-state index in [-0.39, 0.29) is 6.10 Å². The molecule has 0 bridgehead atoms. The largest absolute Gasteiger partial charge is 0.449 e. The fourth-order valence-electron chi connectivity index (χ4n) is 2.26. The van der Waals surface area contributed by atoms with Crippen LogP contribution in [-0.2, 0) is 11.2 Å². The van der Waals surface area contributed by atoms with Gasteiger partial charge in [0.05, 0.1) is 11.5 Å². The maximum atomic E-state index is 10.9. The summed E-state index contributed by atoms with van der Waals surface area (Å²) in [6.45, 7) is 2.54. The van der Waals surface area contributed by atoms with Crippen molar-refractivity contribution in [2.45, 2.75) is 19.4 Å². The molecule has 0 saturated carbocycles. The number of aldehydes is 1. The number of carbonyl (C=O) groups excluding carboxylic acids is 1. The Kier molecular flexibility index (Phi) is 3.01. The zero-order valence-corrected chi connectivity index (χ0v) is 11.3. The summed E-state index contributed by atoms with van der Waals surface area (Å²) in [5.74, 6) is 0.884. The molecule has 18 heavy (non-hydrogen) atoms. The molecule has 2 aromatic rings. The smallest absolute Gasteiger partial charge is 0.193 e. The van der Waals surface area contributed by atoms with Gasteiger partial charge >= 0.3 is 0 Å². The Bertz CT molecular complexity index is 599. The molecule has 0 radical (unpaired) electrons. The Morgan fingerprint density at radius 1 is 1.50 bits per heavy atom. The van der Waals surface area contributed by atoms with Gasteiger partial charge in [-0.15, -0.1) is 11.3 Å². The Morgan fingerprint density at radius 2 is 2.33 bits per heavy atom. The number of rotatable bonds is 2. The Morgan fingerprint density at radius 3 is 3.06 bits per heavy atom. The number of hydrogen-bond donors (Lipinski definition) is 0. The molecule has 1 atom stereocenters. The van der Waals surface area contributed by atoms with E-state index in [4.69, 9.17) is 20.8 Å². The minimum Gasteiger partial charge on any atom is -0.449 e. The highest BCUT2D eigenvalue weighted by atomic mass is 35.5. The molecule has 3 nitrogen and oxygen atoms in total. The second-order valence-corrected chi connectivity index (χ2v) is 5.51. The summed E-state index contributed by atoms with van der Waals surface area (Å²) in [5, 5.41) is 2.36. The van der Waals surface area contributed by atoms with Crippen LogP contribution in [0.3, 0.4) is 0 Å². The van der Waals surface area contributed by atoms with Gasteiger partial charge in [-0.3, -0.25) is 4.79 Å². The second kappa shape index (κ2) is 4.53. The molecule has 0 aromatic carbocycles. The molecule has 0 saturated heterocycles. The summed E-state index contributed by atoms with van der Waals surface area (Å²) in [6, 6.07) is 1.80. The Labute approximate surface area is 113 Å². The molecule has 3 rings (SSSR count). The molecule has 2 aromatic heterocycles. The van der Waals surface area contributed by atoms with Gasteiger partial charge in [0.1, 0.15) is 11.9 Å². The highest BCUT2D eigenvalue weighted by Gasteiger charge is 2.28. The first-order valence-electron chi connectivity index (χ1n) is 5.63. The highest BCUT2D eigenvalue weighted by molar-refractivity contribution is 7.12. The van der Waals surface area contributed by atoms with E-state index in [2.05, 4.69) is 0 Å². The Hall–Kier alpha value is -1.10. The van der Waals surface area contributed by atoms with Crippen LogP contribution in [0, 0.1) is 6.92 Å². The number of halogens is 1. The van der Waals surface area contributed by atoms with Crippen molar-refractivity contribution in [3.63, 3.8) is 0 Å². The molecule has 0 aliphatic carbocycles. The molecule has 3 heterocycles. The fraction of sp³-hybridized carbons (Fsp3) is 0.308. The van der Waals surface area contributed by atoms with Gasteiger partial charge in [-0.25, -0.2) is 0 Å². The summed E-state index contributed by atoms with van der Waals surface area (Å²) < 4.78 is 11.3. The van der Waals surface area contributed by atoms with Crippen molar-refractivity contribution in [1.29, 1.82) is 0 Å². The van der Waals surface area contributed by atoms with Gasteiger partial charge in [-0.2, -0.15) is 0 Å². The van der Waals surface area contributed by atoms with E-state index in [1.165, 1.54) is 11.3 Å². The van der Waals surface area contributed by atoms with Gasteiger partial charge < -0.3 is 9.15 Å². The minimum absolute atomic E-state index is 0.171. The number of thiophene rings is 1. The molecule has 0 N–H and O–H groups in total. The van der Waals surface area contributed by atoms with E-state index in [9.17, 15) is 4.79 Å². The van der Waals surface area contributed by atoms with Gasteiger partial charge in [0.15, 0.2) is 11.5 Å². The van der Waals surface area contributed by atoms with Crippen LogP contribution in [0.25, 0.3) is 0 Å². The molecule has 1 aliphatic rings. The first-order valence-corrected chi connectivity index (χ1v) is 6.89. The summed E-state index contributed by atoms with van der Waals surface area (Å²) in [4.78, 5) is 11.6. The van der Waals surface area contributed by atoms with Crippen LogP contribution in [-0.4, -0.2) is 12.9 Å². The monoisotopic (exact) mass is 282 g/mol. The molecule has 94 valence electrons. The number of hydrogen-bond acceptors (Lipinski definition) is 4.